The van der Waals surface area contributed by atoms with E-state index in [2.05, 4.69) is 38.1 Å². The third-order valence-corrected chi connectivity index (χ3v) is 5.55. The molecule has 0 aromatic heterocycles. The maximum absolute atomic E-state index is 10.4. The Hall–Kier alpha value is -1.76. The number of hydrogen-bond donors (Lipinski definition) is 1. The van der Waals surface area contributed by atoms with Gasteiger partial charge in [-0.15, -0.1) is 0 Å². The molecule has 27 heavy (non-hydrogen) atoms. The summed E-state index contributed by atoms with van der Waals surface area (Å²) < 4.78 is 0. The Morgan fingerprint density at radius 1 is 0.593 bits per heavy atom. The summed E-state index contributed by atoms with van der Waals surface area (Å²) in [4.78, 5) is 0. The van der Waals surface area contributed by atoms with Crippen LogP contribution in [0, 0.1) is 0 Å². The van der Waals surface area contributed by atoms with E-state index in [4.69, 9.17) is 0 Å². The van der Waals surface area contributed by atoms with Crippen molar-refractivity contribution in [2.75, 3.05) is 0 Å². The molecule has 2 aromatic carbocycles. The van der Waals surface area contributed by atoms with Gasteiger partial charge in [-0.25, -0.2) is 0 Å². The van der Waals surface area contributed by atoms with Crippen molar-refractivity contribution in [2.24, 2.45) is 0 Å². The zero-order chi connectivity index (χ0) is 19.3. The van der Waals surface area contributed by atoms with Gasteiger partial charge in [0.05, 0.1) is 0 Å². The van der Waals surface area contributed by atoms with Crippen LogP contribution in [0.1, 0.15) is 89.2 Å². The van der Waals surface area contributed by atoms with Crippen LogP contribution in [0.15, 0.2) is 42.5 Å². The van der Waals surface area contributed by atoms with E-state index < -0.39 is 0 Å². The Labute approximate surface area is 166 Å². The van der Waals surface area contributed by atoms with E-state index in [1.165, 1.54) is 80.9 Å². The summed E-state index contributed by atoms with van der Waals surface area (Å²) in [7, 11) is 0. The first kappa shape index (κ1) is 21.5. The molecule has 0 fully saturated rings. The largest absolute Gasteiger partial charge is 0.507 e. The number of para-hydroxylation sites is 1. The van der Waals surface area contributed by atoms with Crippen molar-refractivity contribution in [3.05, 3.63) is 53.6 Å². The summed E-state index contributed by atoms with van der Waals surface area (Å²) in [5.74, 6) is 0.393. The van der Waals surface area contributed by atoms with Crippen LogP contribution in [0.25, 0.3) is 11.1 Å². The number of aromatic hydroxyl groups is 1. The van der Waals surface area contributed by atoms with Gasteiger partial charge in [0.2, 0.25) is 0 Å². The van der Waals surface area contributed by atoms with Crippen LogP contribution in [-0.4, -0.2) is 5.11 Å². The van der Waals surface area contributed by atoms with Gasteiger partial charge in [0.15, 0.2) is 0 Å². The molecule has 0 atom stereocenters. The Kier molecular flexibility index (Phi) is 10.0. The zero-order valence-electron chi connectivity index (χ0n) is 17.5. The van der Waals surface area contributed by atoms with Crippen molar-refractivity contribution < 1.29 is 5.11 Å². The average molecular weight is 367 g/mol. The highest BCUT2D eigenvalue weighted by atomic mass is 16.3. The molecule has 1 nitrogen and oxygen atoms in total. The summed E-state index contributed by atoms with van der Waals surface area (Å²) in [5.41, 5.74) is 5.16. The maximum Gasteiger partial charge on any atom is 0.123 e. The molecule has 2 aromatic rings. The van der Waals surface area contributed by atoms with Crippen molar-refractivity contribution in [3.8, 4) is 16.9 Å². The predicted octanol–water partition coefficient (Wildman–Crippen LogP) is 8.09. The van der Waals surface area contributed by atoms with E-state index in [0.717, 1.165) is 18.4 Å². The normalized spacial score (nSPS) is 11.0. The number of aryl methyl sites for hydroxylation is 1. The Morgan fingerprint density at radius 3 is 1.85 bits per heavy atom. The molecule has 1 heteroatoms. The van der Waals surface area contributed by atoms with E-state index in [9.17, 15) is 5.11 Å². The minimum absolute atomic E-state index is 0.393. The highest BCUT2D eigenvalue weighted by molar-refractivity contribution is 5.74. The molecule has 0 heterocycles. The van der Waals surface area contributed by atoms with Crippen molar-refractivity contribution in [3.63, 3.8) is 0 Å². The minimum atomic E-state index is 0.393. The fraction of sp³-hybridized carbons (Fsp3) is 0.538. The predicted molar refractivity (Wildman–Crippen MR) is 118 cm³/mol. The summed E-state index contributed by atoms with van der Waals surface area (Å²) in [5, 5.41) is 10.4. The van der Waals surface area contributed by atoms with Crippen LogP contribution in [-0.2, 0) is 12.8 Å². The van der Waals surface area contributed by atoms with Gasteiger partial charge in [0.1, 0.15) is 5.75 Å². The molecule has 0 aliphatic carbocycles. The molecule has 0 saturated carbocycles. The SMILES string of the molecule is CCCCCCCc1cccc(-c2ccccc2O)c1CCCCCCC. The van der Waals surface area contributed by atoms with Gasteiger partial charge in [-0.3, -0.25) is 0 Å². The van der Waals surface area contributed by atoms with Gasteiger partial charge in [-0.2, -0.15) is 0 Å². The van der Waals surface area contributed by atoms with E-state index in [0.29, 0.717) is 5.75 Å². The molecular formula is C26H38O. The molecule has 2 rings (SSSR count). The van der Waals surface area contributed by atoms with Crippen LogP contribution in [0.4, 0.5) is 0 Å². The molecule has 0 bridgehead atoms. The second-order valence-electron chi connectivity index (χ2n) is 7.79. The monoisotopic (exact) mass is 366 g/mol. The lowest BCUT2D eigenvalue weighted by atomic mass is 9.89. The van der Waals surface area contributed by atoms with Crippen LogP contribution < -0.4 is 0 Å². The average Bonchev–Trinajstić information content (AvgIpc) is 2.69. The fourth-order valence-electron chi connectivity index (χ4n) is 3.94. The standard InChI is InChI=1S/C26H38O/c1-3-5-7-9-11-16-22-17-15-20-24(25-19-13-14-21-26(25)27)23(22)18-12-10-8-6-4-2/h13-15,17,19-21,27H,3-12,16,18H2,1-2H3. The van der Waals surface area contributed by atoms with Gasteiger partial charge >= 0.3 is 0 Å². The molecule has 0 aliphatic heterocycles. The number of unbranched alkanes of at least 4 members (excludes halogenated alkanes) is 8. The van der Waals surface area contributed by atoms with Gasteiger partial charge in [-0.1, -0.05) is 102 Å². The lowest BCUT2D eigenvalue weighted by molar-refractivity contribution is 0.477. The highest BCUT2D eigenvalue weighted by Gasteiger charge is 2.12. The molecule has 0 saturated heterocycles. The van der Waals surface area contributed by atoms with Gasteiger partial charge in [0, 0.05) is 5.56 Å². The molecule has 1 N–H and O–H groups in total. The molecule has 0 unspecified atom stereocenters. The van der Waals surface area contributed by atoms with Crippen molar-refractivity contribution >= 4 is 0 Å². The van der Waals surface area contributed by atoms with Gasteiger partial charge in [0.25, 0.3) is 0 Å². The van der Waals surface area contributed by atoms with E-state index in [-0.39, 0.29) is 0 Å². The van der Waals surface area contributed by atoms with E-state index in [1.807, 2.05) is 12.1 Å². The number of phenolic OH excluding ortho intramolecular Hbond substituents is 1. The quantitative estimate of drug-likeness (QED) is 0.355. The number of hydrogen-bond acceptors (Lipinski definition) is 1. The minimum Gasteiger partial charge on any atom is -0.507 e. The topological polar surface area (TPSA) is 20.2 Å². The molecule has 0 radical (unpaired) electrons. The number of benzene rings is 2. The highest BCUT2D eigenvalue weighted by Crippen LogP contribution is 2.34. The molecule has 148 valence electrons. The first-order valence-electron chi connectivity index (χ1n) is 11.2. The Balaban J connectivity index is 2.16. The molecular weight excluding hydrogens is 328 g/mol. The number of phenols is 1. The molecule has 0 amide bonds. The Morgan fingerprint density at radius 2 is 1.19 bits per heavy atom. The molecule has 0 spiro atoms. The fourth-order valence-corrected chi connectivity index (χ4v) is 3.94. The third kappa shape index (κ3) is 7.05. The molecule has 0 aliphatic rings. The lowest BCUT2D eigenvalue weighted by Crippen LogP contribution is -1.99. The van der Waals surface area contributed by atoms with Crippen molar-refractivity contribution in [1.82, 2.24) is 0 Å². The smallest absolute Gasteiger partial charge is 0.123 e. The van der Waals surface area contributed by atoms with E-state index >= 15 is 0 Å². The summed E-state index contributed by atoms with van der Waals surface area (Å²) in [6.45, 7) is 4.54. The zero-order valence-corrected chi connectivity index (χ0v) is 17.5. The Bertz CT molecular complexity index is 659. The second-order valence-corrected chi connectivity index (χ2v) is 7.79. The summed E-state index contributed by atoms with van der Waals surface area (Å²) >= 11 is 0. The second kappa shape index (κ2) is 12.6. The van der Waals surface area contributed by atoms with Gasteiger partial charge < -0.3 is 5.11 Å². The first-order valence-corrected chi connectivity index (χ1v) is 11.2. The maximum atomic E-state index is 10.4. The van der Waals surface area contributed by atoms with Crippen LogP contribution >= 0.6 is 0 Å². The van der Waals surface area contributed by atoms with Crippen molar-refractivity contribution in [2.45, 2.75) is 90.9 Å². The third-order valence-electron chi connectivity index (χ3n) is 5.55. The van der Waals surface area contributed by atoms with Crippen molar-refractivity contribution in [1.29, 1.82) is 0 Å². The van der Waals surface area contributed by atoms with Gasteiger partial charge in [-0.05, 0) is 48.4 Å². The lowest BCUT2D eigenvalue weighted by Gasteiger charge is -2.16. The first-order chi connectivity index (χ1) is 13.3. The van der Waals surface area contributed by atoms with E-state index in [1.54, 1.807) is 6.07 Å². The van der Waals surface area contributed by atoms with Crippen LogP contribution in [0.2, 0.25) is 0 Å². The summed E-state index contributed by atoms with van der Waals surface area (Å²) in [6.07, 6.45) is 15.4. The number of rotatable bonds is 13. The summed E-state index contributed by atoms with van der Waals surface area (Å²) in [6, 6.07) is 14.5. The van der Waals surface area contributed by atoms with Crippen LogP contribution in [0.3, 0.4) is 0 Å². The van der Waals surface area contributed by atoms with Crippen LogP contribution in [0.5, 0.6) is 5.75 Å².